The molecule has 124 valence electrons. The van der Waals surface area contributed by atoms with E-state index < -0.39 is 5.25 Å². The number of hydrogen-bond acceptors (Lipinski definition) is 6. The number of nitrogens with one attached hydrogen (secondary N) is 1. The largest absolute Gasteiger partial charge is 0.468 e. The maximum atomic E-state index is 12.6. The second-order valence-corrected chi connectivity index (χ2v) is 7.77. The maximum absolute atomic E-state index is 12.6. The molecule has 0 amide bonds. The van der Waals surface area contributed by atoms with E-state index in [1.54, 1.807) is 6.92 Å². The van der Waals surface area contributed by atoms with Crippen molar-refractivity contribution in [1.82, 2.24) is 9.97 Å². The highest BCUT2D eigenvalue weighted by molar-refractivity contribution is 8.00. The molecule has 0 bridgehead atoms. The monoisotopic (exact) mass is 360 g/mol. The van der Waals surface area contributed by atoms with Crippen LogP contribution in [-0.4, -0.2) is 28.3 Å². The standard InChI is InChI=1S/C17H16N2O3S2/c1-9-12(11-7-5-4-6-8-11)13-14(20)18-17(19-15(13)23-9)24-10(2)16(21)22-3/h4-8,10H,1-3H3,(H,18,19,20). The van der Waals surface area contributed by atoms with E-state index in [1.165, 1.54) is 30.2 Å². The lowest BCUT2D eigenvalue weighted by Gasteiger charge is -2.07. The molecular formula is C17H16N2O3S2. The van der Waals surface area contributed by atoms with Crippen LogP contribution in [0.4, 0.5) is 0 Å². The Morgan fingerprint density at radius 1 is 1.33 bits per heavy atom. The van der Waals surface area contributed by atoms with Gasteiger partial charge < -0.3 is 9.72 Å². The van der Waals surface area contributed by atoms with E-state index in [0.29, 0.717) is 15.4 Å². The van der Waals surface area contributed by atoms with Crippen molar-refractivity contribution in [3.63, 3.8) is 0 Å². The van der Waals surface area contributed by atoms with Gasteiger partial charge >= 0.3 is 5.97 Å². The van der Waals surface area contributed by atoms with E-state index in [4.69, 9.17) is 4.74 Å². The molecule has 0 radical (unpaired) electrons. The second-order valence-electron chi connectivity index (χ2n) is 5.23. The minimum Gasteiger partial charge on any atom is -0.468 e. The molecule has 0 aliphatic rings. The van der Waals surface area contributed by atoms with Gasteiger partial charge in [-0.25, -0.2) is 4.98 Å². The van der Waals surface area contributed by atoms with Crippen LogP contribution in [0.3, 0.4) is 0 Å². The van der Waals surface area contributed by atoms with Gasteiger partial charge in [-0.3, -0.25) is 9.59 Å². The van der Waals surface area contributed by atoms with E-state index in [2.05, 4.69) is 9.97 Å². The van der Waals surface area contributed by atoms with Crippen LogP contribution in [0, 0.1) is 6.92 Å². The van der Waals surface area contributed by atoms with E-state index in [1.807, 2.05) is 37.3 Å². The predicted molar refractivity (Wildman–Crippen MR) is 97.7 cm³/mol. The number of aromatic amines is 1. The number of benzene rings is 1. The quantitative estimate of drug-likeness (QED) is 0.437. The average molecular weight is 360 g/mol. The Balaban J connectivity index is 2.09. The van der Waals surface area contributed by atoms with Gasteiger partial charge in [0.2, 0.25) is 0 Å². The molecule has 3 aromatic rings. The van der Waals surface area contributed by atoms with Gasteiger partial charge in [-0.2, -0.15) is 0 Å². The summed E-state index contributed by atoms with van der Waals surface area (Å²) in [5, 5.41) is 0.579. The average Bonchev–Trinajstić information content (AvgIpc) is 2.91. The first kappa shape index (κ1) is 16.7. The molecule has 0 fully saturated rings. The number of H-pyrrole nitrogens is 1. The molecule has 0 saturated heterocycles. The number of nitrogens with zero attached hydrogens (tertiary/aromatic N) is 1. The van der Waals surface area contributed by atoms with Gasteiger partial charge in [-0.15, -0.1) is 11.3 Å². The van der Waals surface area contributed by atoms with Gasteiger partial charge in [-0.05, 0) is 19.4 Å². The number of hydrogen-bond donors (Lipinski definition) is 1. The highest BCUT2D eigenvalue weighted by Crippen LogP contribution is 2.36. The van der Waals surface area contributed by atoms with Crippen LogP contribution in [0.5, 0.6) is 0 Å². The summed E-state index contributed by atoms with van der Waals surface area (Å²) in [6.45, 7) is 3.70. The van der Waals surface area contributed by atoms with Gasteiger partial charge in [0.1, 0.15) is 10.1 Å². The van der Waals surface area contributed by atoms with Crippen molar-refractivity contribution >= 4 is 39.3 Å². The van der Waals surface area contributed by atoms with Crippen molar-refractivity contribution in [2.75, 3.05) is 7.11 Å². The molecule has 2 heterocycles. The molecule has 7 heteroatoms. The van der Waals surface area contributed by atoms with Gasteiger partial charge in [0.05, 0.1) is 12.5 Å². The molecule has 3 rings (SSSR count). The molecule has 1 atom stereocenters. The summed E-state index contributed by atoms with van der Waals surface area (Å²) in [6, 6.07) is 9.80. The first-order valence-corrected chi connectivity index (χ1v) is 9.04. The summed E-state index contributed by atoms with van der Waals surface area (Å²) < 4.78 is 4.71. The van der Waals surface area contributed by atoms with Crippen LogP contribution in [0.25, 0.3) is 21.3 Å². The Hall–Kier alpha value is -2.12. The lowest BCUT2D eigenvalue weighted by atomic mass is 10.0. The summed E-state index contributed by atoms with van der Waals surface area (Å²) >= 11 is 2.66. The van der Waals surface area contributed by atoms with Crippen molar-refractivity contribution in [3.05, 3.63) is 45.6 Å². The number of rotatable bonds is 4. The summed E-state index contributed by atoms with van der Waals surface area (Å²) in [4.78, 5) is 33.2. The summed E-state index contributed by atoms with van der Waals surface area (Å²) in [6.07, 6.45) is 0. The molecule has 1 unspecified atom stereocenters. The summed E-state index contributed by atoms with van der Waals surface area (Å²) in [5.41, 5.74) is 1.72. The summed E-state index contributed by atoms with van der Waals surface area (Å²) in [7, 11) is 1.34. The Kier molecular flexibility index (Phi) is 4.73. The predicted octanol–water partition coefficient (Wildman–Crippen LogP) is 3.61. The number of carbonyl (C=O) groups is 1. The molecule has 0 spiro atoms. The third kappa shape index (κ3) is 3.09. The molecule has 0 aliphatic heterocycles. The highest BCUT2D eigenvalue weighted by atomic mass is 32.2. The van der Waals surface area contributed by atoms with Gasteiger partial charge in [-0.1, -0.05) is 42.1 Å². The molecule has 2 aromatic heterocycles. The van der Waals surface area contributed by atoms with E-state index >= 15 is 0 Å². The summed E-state index contributed by atoms with van der Waals surface area (Å²) in [5.74, 6) is -0.352. The number of thiophene rings is 1. The molecule has 0 aliphatic carbocycles. The van der Waals surface area contributed by atoms with E-state index in [9.17, 15) is 9.59 Å². The Bertz CT molecular complexity index is 948. The lowest BCUT2D eigenvalue weighted by molar-refractivity contribution is -0.139. The third-order valence-corrected chi connectivity index (χ3v) is 5.56. The Morgan fingerprint density at radius 3 is 2.71 bits per heavy atom. The van der Waals surface area contributed by atoms with Crippen LogP contribution in [-0.2, 0) is 9.53 Å². The number of methoxy groups -OCH3 is 1. The zero-order valence-corrected chi connectivity index (χ0v) is 15.1. The molecule has 0 saturated carbocycles. The maximum Gasteiger partial charge on any atom is 0.318 e. The van der Waals surface area contributed by atoms with Gasteiger partial charge in [0.25, 0.3) is 5.56 Å². The van der Waals surface area contributed by atoms with Crippen molar-refractivity contribution in [3.8, 4) is 11.1 Å². The lowest BCUT2D eigenvalue weighted by Crippen LogP contribution is -2.16. The first-order valence-electron chi connectivity index (χ1n) is 7.34. The van der Waals surface area contributed by atoms with Crippen LogP contribution < -0.4 is 5.56 Å². The minimum atomic E-state index is -0.440. The Morgan fingerprint density at radius 2 is 2.04 bits per heavy atom. The number of aromatic nitrogens is 2. The molecule has 24 heavy (non-hydrogen) atoms. The van der Waals surface area contributed by atoms with Crippen molar-refractivity contribution in [1.29, 1.82) is 0 Å². The van der Waals surface area contributed by atoms with Crippen LogP contribution in [0.15, 0.2) is 40.3 Å². The zero-order valence-electron chi connectivity index (χ0n) is 13.5. The Labute approximate surface area is 147 Å². The SMILES string of the molecule is COC(=O)C(C)Sc1nc2sc(C)c(-c3ccccc3)c2c(=O)[nH]1. The van der Waals surface area contributed by atoms with Crippen LogP contribution in [0.2, 0.25) is 0 Å². The molecular weight excluding hydrogens is 344 g/mol. The van der Waals surface area contributed by atoms with Crippen LogP contribution in [0.1, 0.15) is 11.8 Å². The van der Waals surface area contributed by atoms with Crippen molar-refractivity contribution < 1.29 is 9.53 Å². The first-order chi connectivity index (χ1) is 11.5. The number of carbonyl (C=O) groups excluding carboxylic acids is 1. The highest BCUT2D eigenvalue weighted by Gasteiger charge is 2.20. The van der Waals surface area contributed by atoms with Crippen molar-refractivity contribution in [2.45, 2.75) is 24.3 Å². The topological polar surface area (TPSA) is 72.0 Å². The fourth-order valence-corrected chi connectivity index (χ4v) is 4.42. The van der Waals surface area contributed by atoms with Gasteiger partial charge in [0, 0.05) is 10.4 Å². The molecule has 5 nitrogen and oxygen atoms in total. The van der Waals surface area contributed by atoms with E-state index in [0.717, 1.165) is 16.0 Å². The number of ether oxygens (including phenoxy) is 1. The van der Waals surface area contributed by atoms with Crippen LogP contribution >= 0.6 is 23.1 Å². The minimum absolute atomic E-state index is 0.192. The zero-order chi connectivity index (χ0) is 17.3. The van der Waals surface area contributed by atoms with Gasteiger partial charge in [0.15, 0.2) is 5.16 Å². The number of aryl methyl sites for hydroxylation is 1. The van der Waals surface area contributed by atoms with Crippen molar-refractivity contribution in [2.24, 2.45) is 0 Å². The smallest absolute Gasteiger partial charge is 0.318 e. The molecule has 1 aromatic carbocycles. The van der Waals surface area contributed by atoms with E-state index in [-0.39, 0.29) is 11.5 Å². The fourth-order valence-electron chi connectivity index (χ4n) is 2.49. The normalized spacial score (nSPS) is 12.3. The third-order valence-electron chi connectivity index (χ3n) is 3.60. The number of thioether (sulfide) groups is 1. The second kappa shape index (κ2) is 6.78. The number of fused-ring (bicyclic) bond motifs is 1. The fraction of sp³-hybridized carbons (Fsp3) is 0.235. The molecule has 1 N–H and O–H groups in total. The number of esters is 1.